The van der Waals surface area contributed by atoms with Crippen molar-refractivity contribution >= 4 is 33.6 Å². The molecule has 0 radical (unpaired) electrons. The fourth-order valence-electron chi connectivity index (χ4n) is 5.42. The van der Waals surface area contributed by atoms with Gasteiger partial charge in [-0.1, -0.05) is 72.3 Å². The van der Waals surface area contributed by atoms with Crippen molar-refractivity contribution in [2.45, 2.75) is 26.7 Å². The molecule has 0 amide bonds. The van der Waals surface area contributed by atoms with E-state index in [1.54, 1.807) is 29.8 Å². The van der Waals surface area contributed by atoms with Gasteiger partial charge in [-0.25, -0.2) is 15.0 Å². The molecule has 0 fully saturated rings. The van der Waals surface area contributed by atoms with Gasteiger partial charge in [0.2, 0.25) is 5.88 Å². The van der Waals surface area contributed by atoms with Gasteiger partial charge in [-0.3, -0.25) is 0 Å². The third-order valence-corrected chi connectivity index (χ3v) is 9.39. The molecule has 0 unspecified atom stereocenters. The third kappa shape index (κ3) is 5.79. The Kier molecular flexibility index (Phi) is 8.02. The van der Waals surface area contributed by atoms with Gasteiger partial charge in [0.15, 0.2) is 0 Å². The minimum atomic E-state index is 0.406. The Balaban J connectivity index is 1.26. The molecule has 7 rings (SSSR count). The topological polar surface area (TPSA) is 62.1 Å². The summed E-state index contributed by atoms with van der Waals surface area (Å²) >= 11 is 3.31. The number of ether oxygens (including phenoxy) is 2. The summed E-state index contributed by atoms with van der Waals surface area (Å²) in [5.41, 5.74) is 9.71. The van der Waals surface area contributed by atoms with Crippen LogP contribution >= 0.6 is 22.7 Å². The summed E-state index contributed by atoms with van der Waals surface area (Å²) in [5, 5.41) is 7.41. The van der Waals surface area contributed by atoms with E-state index in [4.69, 9.17) is 19.4 Å². The predicted octanol–water partition coefficient (Wildman–Crippen LogP) is 9.03. The van der Waals surface area contributed by atoms with Gasteiger partial charge in [-0.2, -0.15) is 0 Å². The van der Waals surface area contributed by atoms with Crippen LogP contribution in [0.2, 0.25) is 0 Å². The first kappa shape index (κ1) is 28.2. The maximum absolute atomic E-state index is 6.44. The highest BCUT2D eigenvalue weighted by Crippen LogP contribution is 2.37. The van der Waals surface area contributed by atoms with Crippen LogP contribution in [0.4, 0.5) is 0 Å². The molecule has 0 saturated carbocycles. The summed E-state index contributed by atoms with van der Waals surface area (Å²) in [6, 6.07) is 31.2. The molecule has 218 valence electrons. The average molecular weight is 615 g/mol. The van der Waals surface area contributed by atoms with Gasteiger partial charge in [0.25, 0.3) is 0 Å². The Hall–Kier alpha value is -4.63. The molecule has 0 aliphatic heterocycles. The summed E-state index contributed by atoms with van der Waals surface area (Å²) < 4.78 is 14.1. The highest BCUT2D eigenvalue weighted by molar-refractivity contribution is 7.13. The minimum absolute atomic E-state index is 0.406. The van der Waals surface area contributed by atoms with Crippen molar-refractivity contribution in [2.24, 2.45) is 0 Å². The largest absolute Gasteiger partial charge is 0.481 e. The fourth-order valence-corrected chi connectivity index (χ4v) is 7.04. The normalized spacial score (nSPS) is 11.3. The van der Waals surface area contributed by atoms with Gasteiger partial charge in [-0.15, -0.1) is 22.7 Å². The van der Waals surface area contributed by atoms with Gasteiger partial charge < -0.3 is 14.0 Å². The van der Waals surface area contributed by atoms with E-state index in [9.17, 15) is 0 Å². The van der Waals surface area contributed by atoms with Crippen LogP contribution in [0.1, 0.15) is 22.6 Å². The van der Waals surface area contributed by atoms with Gasteiger partial charge in [0.1, 0.15) is 10.0 Å². The number of benzene rings is 3. The molecule has 0 spiro atoms. The summed E-state index contributed by atoms with van der Waals surface area (Å²) in [7, 11) is 1.63. The first-order valence-corrected chi connectivity index (χ1v) is 16.1. The number of fused-ring (bicyclic) bond motifs is 1. The van der Waals surface area contributed by atoms with E-state index < -0.39 is 0 Å². The van der Waals surface area contributed by atoms with E-state index in [-0.39, 0.29) is 0 Å². The number of aromatic nitrogens is 4. The summed E-state index contributed by atoms with van der Waals surface area (Å²) in [4.78, 5) is 14.4. The minimum Gasteiger partial charge on any atom is -0.481 e. The standard InChI is InChI=1S/C36H30N4O2S2/c1-24-13-15-31-30(17-24)34(27-14-16-33(41-2)37-18-27)32(21-42-20-29-23-44-36(39-29)26-11-7-4-8-12-26)40(31)19-28-22-43-35(38-28)25-9-5-3-6-10-25/h3-18,22-23H,19-21H2,1-2H3. The van der Waals surface area contributed by atoms with Crippen molar-refractivity contribution in [3.63, 3.8) is 0 Å². The molecule has 0 aliphatic carbocycles. The monoisotopic (exact) mass is 614 g/mol. The van der Waals surface area contributed by atoms with Crippen LogP contribution in [0.15, 0.2) is 108 Å². The van der Waals surface area contributed by atoms with E-state index >= 15 is 0 Å². The number of rotatable bonds is 10. The van der Waals surface area contributed by atoms with Crippen molar-refractivity contribution in [1.82, 2.24) is 19.5 Å². The van der Waals surface area contributed by atoms with Crippen molar-refractivity contribution in [1.29, 1.82) is 0 Å². The lowest BCUT2D eigenvalue weighted by Gasteiger charge is -2.12. The van der Waals surface area contributed by atoms with Crippen LogP contribution in [-0.2, 0) is 24.5 Å². The van der Waals surface area contributed by atoms with Crippen LogP contribution in [0, 0.1) is 6.92 Å². The number of methoxy groups -OCH3 is 1. The highest BCUT2D eigenvalue weighted by atomic mass is 32.1. The summed E-state index contributed by atoms with van der Waals surface area (Å²) in [6.07, 6.45) is 1.88. The SMILES string of the molecule is COc1ccc(-c2c(COCc3csc(-c4ccccc4)n3)n(Cc3csc(-c4ccccc4)n3)c3ccc(C)cc23)cn1. The Bertz CT molecular complexity index is 2010. The lowest BCUT2D eigenvalue weighted by atomic mass is 10.0. The molecule has 0 aliphatic rings. The molecule has 7 aromatic rings. The van der Waals surface area contributed by atoms with E-state index in [0.717, 1.165) is 60.3 Å². The second-order valence-corrected chi connectivity index (χ2v) is 12.2. The quantitative estimate of drug-likeness (QED) is 0.154. The van der Waals surface area contributed by atoms with Crippen LogP contribution in [0.25, 0.3) is 43.2 Å². The first-order chi connectivity index (χ1) is 21.7. The second kappa shape index (κ2) is 12.5. The smallest absolute Gasteiger partial charge is 0.212 e. The van der Waals surface area contributed by atoms with E-state index in [1.165, 1.54) is 5.56 Å². The van der Waals surface area contributed by atoms with Crippen LogP contribution in [0.5, 0.6) is 5.88 Å². The fraction of sp³-hybridized carbons (Fsp3) is 0.139. The molecule has 8 heteroatoms. The van der Waals surface area contributed by atoms with Crippen molar-refractivity contribution in [3.05, 3.63) is 131 Å². The maximum atomic E-state index is 6.44. The van der Waals surface area contributed by atoms with E-state index in [0.29, 0.717) is 25.6 Å². The van der Waals surface area contributed by atoms with E-state index in [1.807, 2.05) is 48.7 Å². The Morgan fingerprint density at radius 3 is 2.07 bits per heavy atom. The summed E-state index contributed by atoms with van der Waals surface area (Å²) in [5.74, 6) is 0.583. The molecule has 0 N–H and O–H groups in total. The molecule has 0 saturated heterocycles. The number of nitrogens with zero attached hydrogens (tertiary/aromatic N) is 4. The van der Waals surface area contributed by atoms with Crippen LogP contribution < -0.4 is 4.74 Å². The maximum Gasteiger partial charge on any atom is 0.212 e. The Morgan fingerprint density at radius 1 is 0.727 bits per heavy atom. The molecule has 0 atom stereocenters. The molecular formula is C36H30N4O2S2. The lowest BCUT2D eigenvalue weighted by molar-refractivity contribution is 0.101. The average Bonchev–Trinajstić information content (AvgIpc) is 3.81. The first-order valence-electron chi connectivity index (χ1n) is 14.4. The molecule has 4 heterocycles. The van der Waals surface area contributed by atoms with Gasteiger partial charge >= 0.3 is 0 Å². The number of hydrogen-bond donors (Lipinski definition) is 0. The number of aryl methyl sites for hydroxylation is 1. The number of hydrogen-bond acceptors (Lipinski definition) is 7. The lowest BCUT2D eigenvalue weighted by Crippen LogP contribution is -2.07. The Morgan fingerprint density at radius 2 is 1.41 bits per heavy atom. The van der Waals surface area contributed by atoms with Crippen LogP contribution in [-0.4, -0.2) is 26.6 Å². The summed E-state index contributed by atoms with van der Waals surface area (Å²) in [6.45, 7) is 3.57. The second-order valence-electron chi connectivity index (χ2n) is 10.5. The zero-order valence-electron chi connectivity index (χ0n) is 24.4. The van der Waals surface area contributed by atoms with Crippen LogP contribution in [0.3, 0.4) is 0 Å². The van der Waals surface area contributed by atoms with Gasteiger partial charge in [0, 0.05) is 56.2 Å². The molecule has 4 aromatic heterocycles. The molecule has 0 bridgehead atoms. The van der Waals surface area contributed by atoms with Gasteiger partial charge in [0.05, 0.1) is 44.0 Å². The molecule has 44 heavy (non-hydrogen) atoms. The third-order valence-electron chi connectivity index (χ3n) is 7.51. The number of pyridine rings is 1. The Labute approximate surface area is 264 Å². The highest BCUT2D eigenvalue weighted by Gasteiger charge is 2.21. The molecular weight excluding hydrogens is 585 g/mol. The molecule has 6 nitrogen and oxygen atoms in total. The van der Waals surface area contributed by atoms with Crippen molar-refractivity contribution < 1.29 is 9.47 Å². The van der Waals surface area contributed by atoms with Crippen molar-refractivity contribution in [2.75, 3.05) is 7.11 Å². The van der Waals surface area contributed by atoms with Gasteiger partial charge in [-0.05, 0) is 25.1 Å². The predicted molar refractivity (Wildman–Crippen MR) is 179 cm³/mol. The molecule has 3 aromatic carbocycles. The number of thiazole rings is 2. The van der Waals surface area contributed by atoms with E-state index in [2.05, 4.69) is 75.8 Å². The zero-order chi connectivity index (χ0) is 29.9. The van der Waals surface area contributed by atoms with Crippen molar-refractivity contribution in [3.8, 4) is 38.1 Å². The zero-order valence-corrected chi connectivity index (χ0v) is 26.1.